The number of aromatic amines is 1. The van der Waals surface area contributed by atoms with Crippen LogP contribution in [0.3, 0.4) is 0 Å². The van der Waals surface area contributed by atoms with E-state index in [0.29, 0.717) is 19.5 Å². The van der Waals surface area contributed by atoms with Crippen molar-refractivity contribution in [1.29, 1.82) is 0 Å². The molecular weight excluding hydrogens is 280 g/mol. The number of aryl methyl sites for hydroxylation is 1. The number of benzene rings is 1. The third kappa shape index (κ3) is 3.98. The lowest BCUT2D eigenvalue weighted by Crippen LogP contribution is -2.41. The van der Waals surface area contributed by atoms with Gasteiger partial charge >= 0.3 is 6.03 Å². The van der Waals surface area contributed by atoms with Crippen LogP contribution in [0, 0.1) is 6.92 Å². The van der Waals surface area contributed by atoms with Crippen molar-refractivity contribution in [1.82, 2.24) is 20.2 Å². The first-order valence-corrected chi connectivity index (χ1v) is 7.47. The van der Waals surface area contributed by atoms with E-state index >= 15 is 0 Å². The van der Waals surface area contributed by atoms with Crippen LogP contribution in [-0.2, 0) is 11.2 Å². The van der Waals surface area contributed by atoms with E-state index < -0.39 is 0 Å². The second-order valence-electron chi connectivity index (χ2n) is 5.56. The molecule has 1 aromatic heterocycles. The summed E-state index contributed by atoms with van der Waals surface area (Å²) in [4.78, 5) is 21.5. The first kappa shape index (κ1) is 16.3. The highest BCUT2D eigenvalue weighted by atomic mass is 16.5. The van der Waals surface area contributed by atoms with Gasteiger partial charge in [-0.15, -0.1) is 0 Å². The molecule has 0 radical (unpaired) electrons. The maximum Gasteiger partial charge on any atom is 0.317 e. The zero-order valence-corrected chi connectivity index (χ0v) is 13.6. The number of nitrogens with one attached hydrogen (secondary N) is 2. The molecule has 6 heteroatoms. The van der Waals surface area contributed by atoms with Crippen LogP contribution in [-0.4, -0.2) is 54.2 Å². The Balaban J connectivity index is 1.88. The molecule has 2 amide bonds. The Kier molecular flexibility index (Phi) is 5.38. The SMILES string of the molecule is COC(C)CNC(=O)N(C)CCc1nc2c(C)cccc2[nH]1. The molecule has 22 heavy (non-hydrogen) atoms. The summed E-state index contributed by atoms with van der Waals surface area (Å²) in [6.07, 6.45) is 0.702. The molecule has 6 nitrogen and oxygen atoms in total. The number of rotatable bonds is 6. The Labute approximate surface area is 130 Å². The van der Waals surface area contributed by atoms with Crippen molar-refractivity contribution in [3.05, 3.63) is 29.6 Å². The first-order valence-electron chi connectivity index (χ1n) is 7.47. The fourth-order valence-electron chi connectivity index (χ4n) is 2.17. The maximum absolute atomic E-state index is 11.9. The summed E-state index contributed by atoms with van der Waals surface area (Å²) in [5.41, 5.74) is 3.19. The second kappa shape index (κ2) is 7.26. The Bertz CT molecular complexity index is 638. The molecule has 0 spiro atoms. The molecule has 2 rings (SSSR count). The van der Waals surface area contributed by atoms with Crippen molar-refractivity contribution in [2.45, 2.75) is 26.4 Å². The van der Waals surface area contributed by atoms with Gasteiger partial charge in [0.25, 0.3) is 0 Å². The number of urea groups is 1. The fraction of sp³-hybridized carbons (Fsp3) is 0.500. The van der Waals surface area contributed by atoms with Gasteiger partial charge in [0.1, 0.15) is 5.82 Å². The predicted molar refractivity (Wildman–Crippen MR) is 87.0 cm³/mol. The third-order valence-corrected chi connectivity index (χ3v) is 3.74. The molecule has 1 heterocycles. The summed E-state index contributed by atoms with van der Waals surface area (Å²) in [5, 5.41) is 2.84. The summed E-state index contributed by atoms with van der Waals surface area (Å²) >= 11 is 0. The number of imidazole rings is 1. The van der Waals surface area contributed by atoms with Gasteiger partial charge in [-0.3, -0.25) is 0 Å². The predicted octanol–water partition coefficient (Wildman–Crippen LogP) is 2.09. The number of para-hydroxylation sites is 1. The van der Waals surface area contributed by atoms with Crippen LogP contribution in [0.5, 0.6) is 0 Å². The zero-order valence-electron chi connectivity index (χ0n) is 13.6. The number of fused-ring (bicyclic) bond motifs is 1. The van der Waals surface area contributed by atoms with Crippen molar-refractivity contribution < 1.29 is 9.53 Å². The molecule has 2 aromatic rings. The highest BCUT2D eigenvalue weighted by Crippen LogP contribution is 2.15. The van der Waals surface area contributed by atoms with Crippen LogP contribution < -0.4 is 5.32 Å². The molecule has 1 unspecified atom stereocenters. The van der Waals surface area contributed by atoms with Gasteiger partial charge in [-0.25, -0.2) is 9.78 Å². The van der Waals surface area contributed by atoms with Gasteiger partial charge < -0.3 is 19.9 Å². The lowest BCUT2D eigenvalue weighted by Gasteiger charge is -2.18. The molecule has 120 valence electrons. The molecule has 0 saturated carbocycles. The quantitative estimate of drug-likeness (QED) is 0.858. The summed E-state index contributed by atoms with van der Waals surface area (Å²) < 4.78 is 5.11. The topological polar surface area (TPSA) is 70.2 Å². The summed E-state index contributed by atoms with van der Waals surface area (Å²) in [7, 11) is 3.41. The normalized spacial score (nSPS) is 12.4. The van der Waals surface area contributed by atoms with Gasteiger partial charge in [0, 0.05) is 33.7 Å². The van der Waals surface area contributed by atoms with Crippen molar-refractivity contribution in [2.75, 3.05) is 27.2 Å². The molecule has 2 N–H and O–H groups in total. The summed E-state index contributed by atoms with van der Waals surface area (Å²) in [5.74, 6) is 0.897. The number of aromatic nitrogens is 2. The molecule has 0 aliphatic heterocycles. The maximum atomic E-state index is 11.9. The van der Waals surface area contributed by atoms with E-state index in [1.165, 1.54) is 0 Å². The first-order chi connectivity index (χ1) is 10.5. The lowest BCUT2D eigenvalue weighted by atomic mass is 10.2. The van der Waals surface area contributed by atoms with E-state index in [1.807, 2.05) is 32.0 Å². The van der Waals surface area contributed by atoms with Crippen molar-refractivity contribution in [3.8, 4) is 0 Å². The van der Waals surface area contributed by atoms with Crippen LogP contribution in [0.4, 0.5) is 4.79 Å². The number of likely N-dealkylation sites (N-methyl/N-ethyl adjacent to an activating group) is 1. The van der Waals surface area contributed by atoms with Crippen LogP contribution in [0.2, 0.25) is 0 Å². The van der Waals surface area contributed by atoms with Crippen LogP contribution in [0.15, 0.2) is 18.2 Å². The summed E-state index contributed by atoms with van der Waals surface area (Å²) in [6, 6.07) is 5.97. The molecule has 0 fully saturated rings. The monoisotopic (exact) mass is 304 g/mol. The van der Waals surface area contributed by atoms with Crippen LogP contribution in [0.1, 0.15) is 18.3 Å². The van der Waals surface area contributed by atoms with Gasteiger partial charge in [0.2, 0.25) is 0 Å². The largest absolute Gasteiger partial charge is 0.380 e. The van der Waals surface area contributed by atoms with Crippen LogP contribution in [0.25, 0.3) is 11.0 Å². The number of carbonyl (C=O) groups is 1. The highest BCUT2D eigenvalue weighted by Gasteiger charge is 2.11. The Hall–Kier alpha value is -2.08. The van der Waals surface area contributed by atoms with Gasteiger partial charge in [0.15, 0.2) is 0 Å². The minimum Gasteiger partial charge on any atom is -0.380 e. The number of carbonyl (C=O) groups excluding carboxylic acids is 1. The van der Waals surface area contributed by atoms with Crippen molar-refractivity contribution in [3.63, 3.8) is 0 Å². The molecular formula is C16H24N4O2. The number of methoxy groups -OCH3 is 1. The number of amides is 2. The molecule has 1 aromatic carbocycles. The Morgan fingerprint density at radius 1 is 1.50 bits per heavy atom. The molecule has 0 aliphatic rings. The second-order valence-corrected chi connectivity index (χ2v) is 5.56. The molecule has 0 bridgehead atoms. The van der Waals surface area contributed by atoms with E-state index in [9.17, 15) is 4.79 Å². The van der Waals surface area contributed by atoms with Gasteiger partial charge in [0.05, 0.1) is 17.1 Å². The lowest BCUT2D eigenvalue weighted by molar-refractivity contribution is 0.116. The van der Waals surface area contributed by atoms with Crippen LogP contribution >= 0.6 is 0 Å². The number of hydrogen-bond acceptors (Lipinski definition) is 3. The fourth-order valence-corrected chi connectivity index (χ4v) is 2.17. The number of H-pyrrole nitrogens is 1. The van der Waals surface area contributed by atoms with Gasteiger partial charge in [-0.2, -0.15) is 0 Å². The third-order valence-electron chi connectivity index (χ3n) is 3.74. The molecule has 0 aliphatic carbocycles. The Morgan fingerprint density at radius 3 is 2.95 bits per heavy atom. The standard InChI is InChI=1S/C16H24N4O2/c1-11-6-5-7-13-15(11)19-14(18-13)8-9-20(3)16(21)17-10-12(2)22-4/h5-7,12H,8-10H2,1-4H3,(H,17,21)(H,18,19). The van der Waals surface area contributed by atoms with Crippen molar-refractivity contribution in [2.24, 2.45) is 0 Å². The summed E-state index contributed by atoms with van der Waals surface area (Å²) in [6.45, 7) is 5.07. The Morgan fingerprint density at radius 2 is 2.27 bits per heavy atom. The average molecular weight is 304 g/mol. The zero-order chi connectivity index (χ0) is 16.1. The van der Waals surface area contributed by atoms with E-state index in [0.717, 1.165) is 22.4 Å². The van der Waals surface area contributed by atoms with E-state index in [-0.39, 0.29) is 12.1 Å². The molecule has 0 saturated heterocycles. The number of ether oxygens (including phenoxy) is 1. The van der Waals surface area contributed by atoms with E-state index in [1.54, 1.807) is 19.1 Å². The van der Waals surface area contributed by atoms with Gasteiger partial charge in [-0.05, 0) is 25.5 Å². The average Bonchev–Trinajstić information content (AvgIpc) is 2.94. The van der Waals surface area contributed by atoms with E-state index in [4.69, 9.17) is 4.74 Å². The number of hydrogen-bond donors (Lipinski definition) is 2. The minimum absolute atomic E-state index is 0.00991. The number of nitrogens with zero attached hydrogens (tertiary/aromatic N) is 2. The van der Waals surface area contributed by atoms with Crippen molar-refractivity contribution >= 4 is 17.1 Å². The smallest absolute Gasteiger partial charge is 0.317 e. The molecule has 1 atom stereocenters. The van der Waals surface area contributed by atoms with E-state index in [2.05, 4.69) is 15.3 Å². The highest BCUT2D eigenvalue weighted by molar-refractivity contribution is 5.78. The van der Waals surface area contributed by atoms with Gasteiger partial charge in [-0.1, -0.05) is 12.1 Å². The minimum atomic E-state index is -0.101.